The van der Waals surface area contributed by atoms with E-state index in [-0.39, 0.29) is 5.91 Å². The zero-order valence-electron chi connectivity index (χ0n) is 9.07. The third kappa shape index (κ3) is 2.49. The van der Waals surface area contributed by atoms with Crippen LogP contribution in [0.3, 0.4) is 0 Å². The quantitative estimate of drug-likeness (QED) is 0.856. The van der Waals surface area contributed by atoms with Crippen LogP contribution >= 0.6 is 11.3 Å². The van der Waals surface area contributed by atoms with E-state index in [2.05, 4.69) is 22.1 Å². The van der Waals surface area contributed by atoms with Gasteiger partial charge in [-0.05, 0) is 40.1 Å². The predicted molar refractivity (Wildman–Crippen MR) is 68.7 cm³/mol. The van der Waals surface area contributed by atoms with Crippen LogP contribution in [0.15, 0.2) is 41.1 Å². The molecule has 0 fully saturated rings. The average Bonchev–Trinajstić information content (AvgIpc) is 2.83. The number of hydrogen-bond acceptors (Lipinski definition) is 2. The van der Waals surface area contributed by atoms with Gasteiger partial charge in [-0.2, -0.15) is 11.3 Å². The molecule has 0 radical (unpaired) electrons. The molecule has 1 N–H and O–H groups in total. The second-order valence-corrected chi connectivity index (χ2v) is 4.27. The number of rotatable bonds is 3. The third-order valence-electron chi connectivity index (χ3n) is 2.34. The van der Waals surface area contributed by atoms with Gasteiger partial charge in [-0.15, -0.1) is 0 Å². The van der Waals surface area contributed by atoms with Crippen LogP contribution in [0.1, 0.15) is 13.3 Å². The lowest BCUT2D eigenvalue weighted by atomic mass is 10.1. The van der Waals surface area contributed by atoms with E-state index < -0.39 is 0 Å². The van der Waals surface area contributed by atoms with Crippen molar-refractivity contribution in [2.75, 3.05) is 5.32 Å². The second kappa shape index (κ2) is 4.94. The molecule has 0 saturated carbocycles. The first-order valence-corrected chi connectivity index (χ1v) is 6.16. The lowest BCUT2D eigenvalue weighted by Crippen LogP contribution is -2.08. The Morgan fingerprint density at radius 1 is 1.19 bits per heavy atom. The molecule has 2 rings (SSSR count). The van der Waals surface area contributed by atoms with Crippen molar-refractivity contribution in [1.29, 1.82) is 0 Å². The first kappa shape index (κ1) is 10.9. The molecule has 0 aliphatic rings. The Balaban J connectivity index is 2.14. The van der Waals surface area contributed by atoms with Gasteiger partial charge >= 0.3 is 0 Å². The Morgan fingerprint density at radius 3 is 2.50 bits per heavy atom. The van der Waals surface area contributed by atoms with Crippen LogP contribution in [0, 0.1) is 0 Å². The molecular weight excluding hydrogens is 218 g/mol. The van der Waals surface area contributed by atoms with Crippen LogP contribution in [0.25, 0.3) is 11.1 Å². The van der Waals surface area contributed by atoms with Crippen molar-refractivity contribution in [3.05, 3.63) is 41.1 Å². The second-order valence-electron chi connectivity index (χ2n) is 3.49. The molecule has 16 heavy (non-hydrogen) atoms. The molecule has 1 heterocycles. The zero-order valence-corrected chi connectivity index (χ0v) is 9.88. The Kier molecular flexibility index (Phi) is 3.37. The van der Waals surface area contributed by atoms with Gasteiger partial charge in [0.05, 0.1) is 0 Å². The maximum absolute atomic E-state index is 11.2. The van der Waals surface area contributed by atoms with Gasteiger partial charge in [-0.3, -0.25) is 4.79 Å². The smallest absolute Gasteiger partial charge is 0.224 e. The van der Waals surface area contributed by atoms with E-state index in [1.54, 1.807) is 11.3 Å². The molecule has 0 spiro atoms. The van der Waals surface area contributed by atoms with E-state index in [0.29, 0.717) is 6.42 Å². The van der Waals surface area contributed by atoms with Crippen LogP contribution in [-0.2, 0) is 4.79 Å². The molecule has 0 bridgehead atoms. The fourth-order valence-electron chi connectivity index (χ4n) is 1.42. The zero-order chi connectivity index (χ0) is 11.4. The minimum absolute atomic E-state index is 0.0447. The van der Waals surface area contributed by atoms with Crippen LogP contribution in [0.5, 0.6) is 0 Å². The van der Waals surface area contributed by atoms with Gasteiger partial charge < -0.3 is 5.32 Å². The summed E-state index contributed by atoms with van der Waals surface area (Å²) in [5.74, 6) is 0.0447. The fraction of sp³-hybridized carbons (Fsp3) is 0.154. The number of carbonyl (C=O) groups is 1. The highest BCUT2D eigenvalue weighted by Gasteiger charge is 2.00. The molecule has 0 unspecified atom stereocenters. The molecule has 82 valence electrons. The van der Waals surface area contributed by atoms with Crippen LogP contribution < -0.4 is 5.32 Å². The lowest BCUT2D eigenvalue weighted by Gasteiger charge is -2.04. The van der Waals surface area contributed by atoms with Gasteiger partial charge in [-0.1, -0.05) is 19.1 Å². The topological polar surface area (TPSA) is 29.1 Å². The SMILES string of the molecule is CCC(=O)Nc1ccc(-c2ccsc2)cc1. The van der Waals surface area contributed by atoms with Gasteiger partial charge in [0.1, 0.15) is 0 Å². The number of hydrogen-bond donors (Lipinski definition) is 1. The Labute approximate surface area is 98.9 Å². The van der Waals surface area contributed by atoms with E-state index in [9.17, 15) is 4.79 Å². The van der Waals surface area contributed by atoms with Crippen molar-refractivity contribution in [3.8, 4) is 11.1 Å². The van der Waals surface area contributed by atoms with Crippen molar-refractivity contribution in [2.24, 2.45) is 0 Å². The normalized spacial score (nSPS) is 10.1. The van der Waals surface area contributed by atoms with E-state index in [1.807, 2.05) is 31.2 Å². The molecule has 0 aliphatic carbocycles. The summed E-state index contributed by atoms with van der Waals surface area (Å²) < 4.78 is 0. The molecule has 1 aromatic heterocycles. The van der Waals surface area contributed by atoms with E-state index in [4.69, 9.17) is 0 Å². The molecular formula is C13H13NOS. The van der Waals surface area contributed by atoms with Crippen molar-refractivity contribution in [1.82, 2.24) is 0 Å². The maximum atomic E-state index is 11.2. The van der Waals surface area contributed by atoms with E-state index in [0.717, 1.165) is 5.69 Å². The predicted octanol–water partition coefficient (Wildman–Crippen LogP) is 3.76. The summed E-state index contributed by atoms with van der Waals surface area (Å²) in [6.07, 6.45) is 0.506. The molecule has 3 heteroatoms. The van der Waals surface area contributed by atoms with Gasteiger partial charge in [0.15, 0.2) is 0 Å². The first-order valence-electron chi connectivity index (χ1n) is 5.22. The van der Waals surface area contributed by atoms with Gasteiger partial charge in [0.2, 0.25) is 5.91 Å². The van der Waals surface area contributed by atoms with Crippen molar-refractivity contribution in [3.63, 3.8) is 0 Å². The Bertz CT molecular complexity index is 459. The van der Waals surface area contributed by atoms with Crippen molar-refractivity contribution in [2.45, 2.75) is 13.3 Å². The van der Waals surface area contributed by atoms with E-state index in [1.165, 1.54) is 11.1 Å². The van der Waals surface area contributed by atoms with E-state index >= 15 is 0 Å². The summed E-state index contributed by atoms with van der Waals surface area (Å²) >= 11 is 1.68. The molecule has 1 amide bonds. The molecule has 0 aliphatic heterocycles. The minimum Gasteiger partial charge on any atom is -0.326 e. The highest BCUT2D eigenvalue weighted by molar-refractivity contribution is 7.08. The average molecular weight is 231 g/mol. The van der Waals surface area contributed by atoms with Crippen LogP contribution in [0.4, 0.5) is 5.69 Å². The fourth-order valence-corrected chi connectivity index (χ4v) is 2.09. The number of thiophene rings is 1. The first-order chi connectivity index (χ1) is 7.79. The Morgan fingerprint density at radius 2 is 1.94 bits per heavy atom. The summed E-state index contributed by atoms with van der Waals surface area (Å²) in [5, 5.41) is 7.00. The third-order valence-corrected chi connectivity index (χ3v) is 3.03. The number of carbonyl (C=O) groups excluding carboxylic acids is 1. The summed E-state index contributed by atoms with van der Waals surface area (Å²) in [6.45, 7) is 1.84. The van der Waals surface area contributed by atoms with Gasteiger partial charge in [0, 0.05) is 12.1 Å². The number of nitrogens with one attached hydrogen (secondary N) is 1. The monoisotopic (exact) mass is 231 g/mol. The molecule has 1 aromatic carbocycles. The number of benzene rings is 1. The Hall–Kier alpha value is -1.61. The number of amides is 1. The maximum Gasteiger partial charge on any atom is 0.224 e. The molecule has 0 atom stereocenters. The highest BCUT2D eigenvalue weighted by atomic mass is 32.1. The standard InChI is InChI=1S/C13H13NOS/c1-2-13(15)14-12-5-3-10(4-6-12)11-7-8-16-9-11/h3-9H,2H2,1H3,(H,14,15). The van der Waals surface area contributed by atoms with Crippen molar-refractivity contribution < 1.29 is 4.79 Å². The molecule has 2 nitrogen and oxygen atoms in total. The van der Waals surface area contributed by atoms with Crippen LogP contribution in [0.2, 0.25) is 0 Å². The highest BCUT2D eigenvalue weighted by Crippen LogP contribution is 2.23. The lowest BCUT2D eigenvalue weighted by molar-refractivity contribution is -0.115. The summed E-state index contributed by atoms with van der Waals surface area (Å²) in [5.41, 5.74) is 3.25. The minimum atomic E-state index is 0.0447. The summed E-state index contributed by atoms with van der Waals surface area (Å²) in [6, 6.07) is 9.99. The van der Waals surface area contributed by atoms with Gasteiger partial charge in [-0.25, -0.2) is 0 Å². The summed E-state index contributed by atoms with van der Waals surface area (Å²) in [4.78, 5) is 11.2. The van der Waals surface area contributed by atoms with Crippen LogP contribution in [-0.4, -0.2) is 5.91 Å². The molecule has 2 aromatic rings. The summed E-state index contributed by atoms with van der Waals surface area (Å²) in [7, 11) is 0. The number of anilines is 1. The molecule has 0 saturated heterocycles. The largest absolute Gasteiger partial charge is 0.326 e. The van der Waals surface area contributed by atoms with Crippen molar-refractivity contribution >= 4 is 22.9 Å². The van der Waals surface area contributed by atoms with Gasteiger partial charge in [0.25, 0.3) is 0 Å².